The predicted molar refractivity (Wildman–Crippen MR) is 53.6 cm³/mol. The number of rotatable bonds is 2. The molecule has 1 heteroatoms. The molecule has 0 saturated carbocycles. The Hall–Kier alpha value is -1.37. The maximum Gasteiger partial charge on any atom is 0.142 e. The van der Waals surface area contributed by atoms with Crippen LogP contribution in [0.5, 0.6) is 0 Å². The zero-order valence-corrected chi connectivity index (χ0v) is 7.49. The third-order valence-electron chi connectivity index (χ3n) is 2.54. The summed E-state index contributed by atoms with van der Waals surface area (Å²) in [4.78, 5) is 10.2. The third kappa shape index (κ3) is 1.55. The fourth-order valence-electron chi connectivity index (χ4n) is 1.95. The molecule has 0 saturated heterocycles. The number of benzene rings is 1. The first-order chi connectivity index (χ1) is 6.42. The van der Waals surface area contributed by atoms with Crippen LogP contribution in [-0.2, 0) is 17.6 Å². The monoisotopic (exact) mass is 172 g/mol. The maximum absolute atomic E-state index is 10.2. The SMILES string of the molecule is O=CC=Cc1cccc2c1CCC2. The molecule has 0 atom stereocenters. The van der Waals surface area contributed by atoms with Crippen LogP contribution in [0.1, 0.15) is 23.1 Å². The van der Waals surface area contributed by atoms with Gasteiger partial charge in [-0.05, 0) is 42.0 Å². The molecule has 1 aliphatic rings. The molecule has 1 aliphatic carbocycles. The first-order valence-corrected chi connectivity index (χ1v) is 4.64. The number of carbonyl (C=O) groups excluding carboxylic acids is 1. The van der Waals surface area contributed by atoms with Crippen LogP contribution in [0.25, 0.3) is 6.08 Å². The molecule has 0 spiro atoms. The molecular formula is C12H12O. The highest BCUT2D eigenvalue weighted by molar-refractivity contribution is 5.75. The van der Waals surface area contributed by atoms with Crippen molar-refractivity contribution >= 4 is 12.4 Å². The molecular weight excluding hydrogens is 160 g/mol. The van der Waals surface area contributed by atoms with Crippen molar-refractivity contribution in [3.63, 3.8) is 0 Å². The van der Waals surface area contributed by atoms with Crippen LogP contribution >= 0.6 is 0 Å². The largest absolute Gasteiger partial charge is 0.299 e. The summed E-state index contributed by atoms with van der Waals surface area (Å²) in [6.07, 6.45) is 7.90. The predicted octanol–water partition coefficient (Wildman–Crippen LogP) is 2.39. The van der Waals surface area contributed by atoms with E-state index in [0.717, 1.165) is 12.7 Å². The van der Waals surface area contributed by atoms with Gasteiger partial charge in [-0.15, -0.1) is 0 Å². The molecule has 0 unspecified atom stereocenters. The lowest BCUT2D eigenvalue weighted by atomic mass is 10.0. The molecule has 1 nitrogen and oxygen atoms in total. The van der Waals surface area contributed by atoms with Gasteiger partial charge in [-0.3, -0.25) is 4.79 Å². The molecule has 0 bridgehead atoms. The van der Waals surface area contributed by atoms with E-state index in [4.69, 9.17) is 0 Å². The molecule has 66 valence electrons. The van der Waals surface area contributed by atoms with Gasteiger partial charge in [0.25, 0.3) is 0 Å². The van der Waals surface area contributed by atoms with Gasteiger partial charge in [-0.1, -0.05) is 24.3 Å². The zero-order valence-electron chi connectivity index (χ0n) is 7.49. The Morgan fingerprint density at radius 1 is 1.23 bits per heavy atom. The summed E-state index contributed by atoms with van der Waals surface area (Å²) in [6.45, 7) is 0. The van der Waals surface area contributed by atoms with Gasteiger partial charge >= 0.3 is 0 Å². The van der Waals surface area contributed by atoms with Gasteiger partial charge < -0.3 is 0 Å². The van der Waals surface area contributed by atoms with Gasteiger partial charge in [0.05, 0.1) is 0 Å². The average Bonchev–Trinajstić information content (AvgIpc) is 2.62. The lowest BCUT2D eigenvalue weighted by Crippen LogP contribution is -1.86. The average molecular weight is 172 g/mol. The first-order valence-electron chi connectivity index (χ1n) is 4.64. The number of fused-ring (bicyclic) bond motifs is 1. The highest BCUT2D eigenvalue weighted by Gasteiger charge is 2.11. The highest BCUT2D eigenvalue weighted by Crippen LogP contribution is 2.25. The van der Waals surface area contributed by atoms with Crippen molar-refractivity contribution in [3.8, 4) is 0 Å². The fraction of sp³-hybridized carbons (Fsp3) is 0.250. The summed E-state index contributed by atoms with van der Waals surface area (Å²) >= 11 is 0. The van der Waals surface area contributed by atoms with E-state index >= 15 is 0 Å². The minimum Gasteiger partial charge on any atom is -0.299 e. The minimum absolute atomic E-state index is 0.828. The van der Waals surface area contributed by atoms with Crippen LogP contribution in [0.3, 0.4) is 0 Å². The molecule has 0 amide bonds. The smallest absolute Gasteiger partial charge is 0.142 e. The Bertz CT molecular complexity index is 350. The summed E-state index contributed by atoms with van der Waals surface area (Å²) in [5.74, 6) is 0. The number of allylic oxidation sites excluding steroid dienone is 1. The molecule has 1 aromatic rings. The Morgan fingerprint density at radius 3 is 3.00 bits per heavy atom. The first kappa shape index (κ1) is 8.24. The maximum atomic E-state index is 10.2. The van der Waals surface area contributed by atoms with Crippen LogP contribution < -0.4 is 0 Å². The van der Waals surface area contributed by atoms with E-state index in [9.17, 15) is 4.79 Å². The van der Waals surface area contributed by atoms with E-state index in [2.05, 4.69) is 18.2 Å². The van der Waals surface area contributed by atoms with Gasteiger partial charge in [-0.2, -0.15) is 0 Å². The van der Waals surface area contributed by atoms with Crippen LogP contribution in [0.4, 0.5) is 0 Å². The molecule has 2 rings (SSSR count). The van der Waals surface area contributed by atoms with Crippen molar-refractivity contribution in [3.05, 3.63) is 41.0 Å². The second kappa shape index (κ2) is 3.56. The summed E-state index contributed by atoms with van der Waals surface area (Å²) in [7, 11) is 0. The van der Waals surface area contributed by atoms with Crippen molar-refractivity contribution in [2.45, 2.75) is 19.3 Å². The Kier molecular flexibility index (Phi) is 2.26. The number of carbonyl (C=O) groups is 1. The quantitative estimate of drug-likeness (QED) is 0.494. The number of hydrogen-bond acceptors (Lipinski definition) is 1. The molecule has 0 fully saturated rings. The van der Waals surface area contributed by atoms with Crippen molar-refractivity contribution < 1.29 is 4.79 Å². The van der Waals surface area contributed by atoms with E-state index in [-0.39, 0.29) is 0 Å². The van der Waals surface area contributed by atoms with E-state index < -0.39 is 0 Å². The normalized spacial score (nSPS) is 14.8. The number of aldehydes is 1. The summed E-state index contributed by atoms with van der Waals surface area (Å²) < 4.78 is 0. The van der Waals surface area contributed by atoms with E-state index in [1.165, 1.54) is 29.5 Å². The van der Waals surface area contributed by atoms with Crippen molar-refractivity contribution in [1.82, 2.24) is 0 Å². The molecule has 0 N–H and O–H groups in total. The molecule has 1 aromatic carbocycles. The van der Waals surface area contributed by atoms with Crippen LogP contribution in [-0.4, -0.2) is 6.29 Å². The lowest BCUT2D eigenvalue weighted by molar-refractivity contribution is -0.104. The molecule has 13 heavy (non-hydrogen) atoms. The van der Waals surface area contributed by atoms with E-state index in [1.54, 1.807) is 6.08 Å². The Morgan fingerprint density at radius 2 is 2.15 bits per heavy atom. The van der Waals surface area contributed by atoms with Crippen LogP contribution in [0.2, 0.25) is 0 Å². The van der Waals surface area contributed by atoms with Gasteiger partial charge in [0.2, 0.25) is 0 Å². The summed E-state index contributed by atoms with van der Waals surface area (Å²) in [5.41, 5.74) is 4.09. The van der Waals surface area contributed by atoms with Gasteiger partial charge in [0, 0.05) is 0 Å². The van der Waals surface area contributed by atoms with E-state index in [1.807, 2.05) is 6.08 Å². The van der Waals surface area contributed by atoms with Gasteiger partial charge in [0.1, 0.15) is 6.29 Å². The Balaban J connectivity index is 2.41. The summed E-state index contributed by atoms with van der Waals surface area (Å²) in [6, 6.07) is 6.32. The van der Waals surface area contributed by atoms with Crippen molar-refractivity contribution in [2.24, 2.45) is 0 Å². The molecule has 0 radical (unpaired) electrons. The lowest BCUT2D eigenvalue weighted by Gasteiger charge is -2.02. The minimum atomic E-state index is 0.828. The second-order valence-corrected chi connectivity index (χ2v) is 3.33. The Labute approximate surface area is 78.1 Å². The zero-order chi connectivity index (χ0) is 9.10. The number of aryl methyl sites for hydroxylation is 1. The van der Waals surface area contributed by atoms with Crippen molar-refractivity contribution in [1.29, 1.82) is 0 Å². The van der Waals surface area contributed by atoms with E-state index in [0.29, 0.717) is 0 Å². The highest BCUT2D eigenvalue weighted by atomic mass is 16.1. The standard InChI is InChI=1S/C12H12O/c13-9-3-7-11-5-1-4-10-6-2-8-12(10)11/h1,3-5,7,9H,2,6,8H2. The van der Waals surface area contributed by atoms with Crippen molar-refractivity contribution in [2.75, 3.05) is 0 Å². The van der Waals surface area contributed by atoms with Crippen LogP contribution in [0, 0.1) is 0 Å². The fourth-order valence-corrected chi connectivity index (χ4v) is 1.95. The topological polar surface area (TPSA) is 17.1 Å². The second-order valence-electron chi connectivity index (χ2n) is 3.33. The number of hydrogen-bond donors (Lipinski definition) is 0. The molecule has 0 aromatic heterocycles. The van der Waals surface area contributed by atoms with Gasteiger partial charge in [0.15, 0.2) is 0 Å². The summed E-state index contributed by atoms with van der Waals surface area (Å²) in [5, 5.41) is 0. The molecule has 0 aliphatic heterocycles. The third-order valence-corrected chi connectivity index (χ3v) is 2.54. The van der Waals surface area contributed by atoms with Gasteiger partial charge in [-0.25, -0.2) is 0 Å². The van der Waals surface area contributed by atoms with Crippen LogP contribution in [0.15, 0.2) is 24.3 Å². The molecule has 0 heterocycles.